The molecule has 4 nitrogen and oxygen atoms in total. The summed E-state index contributed by atoms with van der Waals surface area (Å²) in [7, 11) is 0. The molecule has 1 amide bonds. The van der Waals surface area contributed by atoms with E-state index in [0.717, 1.165) is 18.7 Å². The number of carbonyl (C=O) groups excluding carboxylic acids is 1. The van der Waals surface area contributed by atoms with E-state index in [2.05, 4.69) is 10.6 Å². The Labute approximate surface area is 112 Å². The van der Waals surface area contributed by atoms with Gasteiger partial charge < -0.3 is 15.4 Å². The predicted molar refractivity (Wildman–Crippen MR) is 72.0 cm³/mol. The molecule has 0 aliphatic carbocycles. The Kier molecular flexibility index (Phi) is 3.90. The lowest BCUT2D eigenvalue weighted by atomic mass is 10.0. The first-order valence-corrected chi connectivity index (χ1v) is 6.28. The zero-order valence-electron chi connectivity index (χ0n) is 10.5. The van der Waals surface area contributed by atoms with E-state index in [-0.39, 0.29) is 18.1 Å². The molecule has 0 radical (unpaired) electrons. The number of benzene rings is 1. The average Bonchev–Trinajstić information content (AvgIpc) is 2.30. The van der Waals surface area contributed by atoms with Gasteiger partial charge in [0.25, 0.3) is 0 Å². The fraction of sp³-hybridized carbons (Fsp3) is 0.462. The van der Waals surface area contributed by atoms with Crippen molar-refractivity contribution in [2.24, 2.45) is 0 Å². The van der Waals surface area contributed by atoms with E-state index >= 15 is 0 Å². The highest BCUT2D eigenvalue weighted by Crippen LogP contribution is 2.25. The number of amides is 1. The number of halogens is 1. The summed E-state index contributed by atoms with van der Waals surface area (Å²) in [6, 6.07) is 5.53. The summed E-state index contributed by atoms with van der Waals surface area (Å²) >= 11 is 6.10. The first-order chi connectivity index (χ1) is 8.50. The lowest BCUT2D eigenvalue weighted by Crippen LogP contribution is -2.59. The number of ether oxygens (including phenoxy) is 1. The van der Waals surface area contributed by atoms with Crippen molar-refractivity contribution < 1.29 is 9.53 Å². The molecule has 1 heterocycles. The Hall–Kier alpha value is -1.10. The van der Waals surface area contributed by atoms with Crippen molar-refractivity contribution in [3.63, 3.8) is 0 Å². The van der Waals surface area contributed by atoms with Crippen molar-refractivity contribution in [3.8, 4) is 0 Å². The van der Waals surface area contributed by atoms with E-state index in [1.807, 2.05) is 26.0 Å². The van der Waals surface area contributed by atoms with Crippen molar-refractivity contribution in [3.05, 3.63) is 28.8 Å². The van der Waals surface area contributed by atoms with E-state index in [9.17, 15) is 4.79 Å². The van der Waals surface area contributed by atoms with Crippen LogP contribution in [-0.4, -0.2) is 31.2 Å². The monoisotopic (exact) mass is 268 g/mol. The van der Waals surface area contributed by atoms with Gasteiger partial charge in [-0.15, -0.1) is 0 Å². The molecule has 1 aliphatic heterocycles. The minimum atomic E-state index is -0.215. The van der Waals surface area contributed by atoms with Crippen LogP contribution in [0.25, 0.3) is 0 Å². The quantitative estimate of drug-likeness (QED) is 0.878. The third kappa shape index (κ3) is 3.02. The number of anilines is 1. The predicted octanol–water partition coefficient (Wildman–Crippen LogP) is 1.97. The number of carbonyl (C=O) groups is 1. The third-order valence-corrected chi connectivity index (χ3v) is 3.52. The molecule has 0 unspecified atom stereocenters. The number of rotatable bonds is 4. The van der Waals surface area contributed by atoms with Crippen LogP contribution in [0.3, 0.4) is 0 Å². The van der Waals surface area contributed by atoms with E-state index in [1.165, 1.54) is 0 Å². The molecular formula is C13H17ClN2O2. The van der Waals surface area contributed by atoms with Gasteiger partial charge in [-0.2, -0.15) is 0 Å². The molecule has 1 aromatic rings. The molecule has 5 heteroatoms. The summed E-state index contributed by atoms with van der Waals surface area (Å²) < 4.78 is 5.55. The van der Waals surface area contributed by atoms with Gasteiger partial charge in [0, 0.05) is 13.1 Å². The Morgan fingerprint density at radius 1 is 1.56 bits per heavy atom. The number of hydrogen-bond donors (Lipinski definition) is 2. The van der Waals surface area contributed by atoms with Crippen LogP contribution in [-0.2, 0) is 9.53 Å². The van der Waals surface area contributed by atoms with E-state index in [0.29, 0.717) is 10.7 Å². The van der Waals surface area contributed by atoms with Crippen molar-refractivity contribution in [2.45, 2.75) is 19.4 Å². The fourth-order valence-corrected chi connectivity index (χ4v) is 1.92. The maximum atomic E-state index is 11.7. The highest BCUT2D eigenvalue weighted by atomic mass is 35.5. The van der Waals surface area contributed by atoms with Crippen LogP contribution >= 0.6 is 11.6 Å². The summed E-state index contributed by atoms with van der Waals surface area (Å²) in [6.07, 6.45) is 0. The summed E-state index contributed by atoms with van der Waals surface area (Å²) in [5, 5.41) is 6.44. The lowest BCUT2D eigenvalue weighted by molar-refractivity contribution is -0.130. The molecule has 0 saturated carbocycles. The zero-order valence-corrected chi connectivity index (χ0v) is 11.3. The minimum Gasteiger partial charge on any atom is -0.363 e. The molecule has 1 fully saturated rings. The van der Waals surface area contributed by atoms with Gasteiger partial charge in [0.1, 0.15) is 6.61 Å². The Balaban J connectivity index is 1.89. The molecule has 2 rings (SSSR count). The van der Waals surface area contributed by atoms with Crippen molar-refractivity contribution in [2.75, 3.05) is 25.0 Å². The molecule has 0 spiro atoms. The number of hydrogen-bond acceptors (Lipinski definition) is 3. The zero-order chi connectivity index (χ0) is 13.2. The van der Waals surface area contributed by atoms with Crippen LogP contribution < -0.4 is 10.6 Å². The Bertz CT molecular complexity index is 458. The van der Waals surface area contributed by atoms with Crippen molar-refractivity contribution in [1.29, 1.82) is 0 Å². The van der Waals surface area contributed by atoms with Crippen LogP contribution in [0, 0.1) is 6.92 Å². The van der Waals surface area contributed by atoms with Crippen LogP contribution in [0.1, 0.15) is 12.5 Å². The van der Waals surface area contributed by atoms with Gasteiger partial charge in [-0.25, -0.2) is 0 Å². The van der Waals surface area contributed by atoms with E-state index < -0.39 is 0 Å². The van der Waals surface area contributed by atoms with Crippen molar-refractivity contribution >= 4 is 23.2 Å². The molecule has 0 aromatic heterocycles. The SMILES string of the molecule is Cc1cccc(NC(=O)COC2(C)CNC2)c1Cl. The molecule has 98 valence electrons. The van der Waals surface area contributed by atoms with E-state index in [4.69, 9.17) is 16.3 Å². The van der Waals surface area contributed by atoms with Crippen LogP contribution in [0.4, 0.5) is 5.69 Å². The number of nitrogens with one attached hydrogen (secondary N) is 2. The fourth-order valence-electron chi connectivity index (χ4n) is 1.75. The molecule has 1 aliphatic rings. The molecule has 2 N–H and O–H groups in total. The third-order valence-electron chi connectivity index (χ3n) is 3.02. The molecule has 0 bridgehead atoms. The van der Waals surface area contributed by atoms with Crippen molar-refractivity contribution in [1.82, 2.24) is 5.32 Å². The average molecular weight is 269 g/mol. The van der Waals surface area contributed by atoms with Gasteiger partial charge in [-0.3, -0.25) is 4.79 Å². The highest BCUT2D eigenvalue weighted by molar-refractivity contribution is 6.34. The maximum Gasteiger partial charge on any atom is 0.250 e. The summed E-state index contributed by atoms with van der Waals surface area (Å²) in [5.74, 6) is -0.185. The van der Waals surface area contributed by atoms with Gasteiger partial charge in [0.2, 0.25) is 5.91 Å². The second kappa shape index (κ2) is 5.26. The standard InChI is InChI=1S/C13H17ClN2O2/c1-9-4-3-5-10(12(9)14)16-11(17)6-18-13(2)7-15-8-13/h3-5,15H,6-8H2,1-2H3,(H,16,17). The first-order valence-electron chi connectivity index (χ1n) is 5.90. The minimum absolute atomic E-state index is 0.0441. The summed E-state index contributed by atoms with van der Waals surface area (Å²) in [4.78, 5) is 11.7. The molecule has 18 heavy (non-hydrogen) atoms. The maximum absolute atomic E-state index is 11.7. The van der Waals surface area contributed by atoms with Crippen LogP contribution in [0.15, 0.2) is 18.2 Å². The van der Waals surface area contributed by atoms with Crippen LogP contribution in [0.2, 0.25) is 5.02 Å². The lowest BCUT2D eigenvalue weighted by Gasteiger charge is -2.38. The second-order valence-electron chi connectivity index (χ2n) is 4.83. The Morgan fingerprint density at radius 2 is 2.28 bits per heavy atom. The van der Waals surface area contributed by atoms with E-state index in [1.54, 1.807) is 6.07 Å². The number of aryl methyl sites for hydroxylation is 1. The molecule has 1 saturated heterocycles. The first kappa shape index (κ1) is 13.3. The largest absolute Gasteiger partial charge is 0.363 e. The smallest absolute Gasteiger partial charge is 0.250 e. The van der Waals surface area contributed by atoms with Gasteiger partial charge in [-0.05, 0) is 25.5 Å². The highest BCUT2D eigenvalue weighted by Gasteiger charge is 2.33. The van der Waals surface area contributed by atoms with Gasteiger partial charge in [0.05, 0.1) is 16.3 Å². The normalized spacial score (nSPS) is 17.1. The Morgan fingerprint density at radius 3 is 2.89 bits per heavy atom. The van der Waals surface area contributed by atoms with Gasteiger partial charge >= 0.3 is 0 Å². The van der Waals surface area contributed by atoms with Crippen LogP contribution in [0.5, 0.6) is 0 Å². The molecular weight excluding hydrogens is 252 g/mol. The summed E-state index contributed by atoms with van der Waals surface area (Å²) in [5.41, 5.74) is 1.35. The summed E-state index contributed by atoms with van der Waals surface area (Å²) in [6.45, 7) is 5.49. The van der Waals surface area contributed by atoms with Gasteiger partial charge in [-0.1, -0.05) is 23.7 Å². The molecule has 1 aromatic carbocycles. The molecule has 0 atom stereocenters. The topological polar surface area (TPSA) is 50.4 Å². The second-order valence-corrected chi connectivity index (χ2v) is 5.20. The van der Waals surface area contributed by atoms with Gasteiger partial charge in [0.15, 0.2) is 0 Å².